The molecule has 1 atom stereocenters. The van der Waals surface area contributed by atoms with Gasteiger partial charge in [0.15, 0.2) is 0 Å². The van der Waals surface area contributed by atoms with E-state index in [9.17, 15) is 18.0 Å². The fourth-order valence-electron chi connectivity index (χ4n) is 3.49. The molecule has 0 heterocycles. The highest BCUT2D eigenvalue weighted by Crippen LogP contribution is 2.26. The number of sulfonamides is 1. The van der Waals surface area contributed by atoms with Crippen LogP contribution in [0, 0.1) is 13.8 Å². The first-order valence-corrected chi connectivity index (χ1v) is 12.5. The lowest BCUT2D eigenvalue weighted by Crippen LogP contribution is -2.33. The van der Waals surface area contributed by atoms with Gasteiger partial charge in [-0.25, -0.2) is 13.2 Å². The molecule has 7 nitrogen and oxygen atoms in total. The average molecular weight is 479 g/mol. The molecule has 0 bridgehead atoms. The van der Waals surface area contributed by atoms with E-state index in [1.807, 2.05) is 13.0 Å². The van der Waals surface area contributed by atoms with Crippen LogP contribution in [0.5, 0.6) is 0 Å². The van der Waals surface area contributed by atoms with Gasteiger partial charge in [-0.3, -0.25) is 9.52 Å². The van der Waals surface area contributed by atoms with Gasteiger partial charge in [0.25, 0.3) is 15.9 Å². The second-order valence-corrected chi connectivity index (χ2v) is 10.1. The fraction of sp³-hybridized carbons (Fsp3) is 0.231. The Morgan fingerprint density at radius 1 is 0.941 bits per heavy atom. The molecule has 0 radical (unpaired) electrons. The third kappa shape index (κ3) is 5.63. The lowest BCUT2D eigenvalue weighted by molar-refractivity contribution is -0.130. The van der Waals surface area contributed by atoms with E-state index in [2.05, 4.69) is 10.0 Å². The van der Waals surface area contributed by atoms with E-state index in [0.717, 1.165) is 18.4 Å². The number of esters is 1. The number of anilines is 1. The number of ether oxygens (including phenoxy) is 1. The van der Waals surface area contributed by atoms with Gasteiger partial charge in [0, 0.05) is 17.3 Å². The molecule has 34 heavy (non-hydrogen) atoms. The summed E-state index contributed by atoms with van der Waals surface area (Å²) in [6, 6.07) is 20.1. The van der Waals surface area contributed by atoms with Crippen molar-refractivity contribution in [1.29, 1.82) is 0 Å². The fourth-order valence-corrected chi connectivity index (χ4v) is 4.56. The zero-order valence-corrected chi connectivity index (χ0v) is 19.8. The summed E-state index contributed by atoms with van der Waals surface area (Å²) in [5.41, 5.74) is 2.48. The Labute approximate surface area is 199 Å². The zero-order chi connectivity index (χ0) is 24.3. The molecular formula is C26H26N2O5S. The van der Waals surface area contributed by atoms with E-state index in [4.69, 9.17) is 4.74 Å². The average Bonchev–Trinajstić information content (AvgIpc) is 3.61. The molecule has 1 saturated carbocycles. The van der Waals surface area contributed by atoms with Crippen LogP contribution in [0.3, 0.4) is 0 Å². The van der Waals surface area contributed by atoms with E-state index in [1.54, 1.807) is 61.5 Å². The second kappa shape index (κ2) is 9.69. The Bertz CT molecular complexity index is 1320. The van der Waals surface area contributed by atoms with E-state index < -0.39 is 28.0 Å². The summed E-state index contributed by atoms with van der Waals surface area (Å²) in [5.74, 6) is -1.17. The van der Waals surface area contributed by atoms with E-state index in [1.165, 1.54) is 12.1 Å². The molecule has 1 aliphatic carbocycles. The number of nitrogens with one attached hydrogen (secondary N) is 2. The first-order valence-electron chi connectivity index (χ1n) is 11.0. The highest BCUT2D eigenvalue weighted by atomic mass is 32.2. The normalized spacial score (nSPS) is 14.2. The molecule has 1 fully saturated rings. The third-order valence-electron chi connectivity index (χ3n) is 5.50. The van der Waals surface area contributed by atoms with Crippen molar-refractivity contribution >= 4 is 27.6 Å². The van der Waals surface area contributed by atoms with E-state index in [-0.39, 0.29) is 16.5 Å². The summed E-state index contributed by atoms with van der Waals surface area (Å²) >= 11 is 0. The Balaban J connectivity index is 1.59. The molecule has 3 aromatic carbocycles. The van der Waals surface area contributed by atoms with Crippen LogP contribution in [0.4, 0.5) is 5.69 Å². The van der Waals surface area contributed by atoms with Crippen molar-refractivity contribution in [1.82, 2.24) is 5.32 Å². The van der Waals surface area contributed by atoms with Gasteiger partial charge in [-0.15, -0.1) is 0 Å². The van der Waals surface area contributed by atoms with Crippen LogP contribution in [0.2, 0.25) is 0 Å². The molecule has 0 aromatic heterocycles. The molecule has 1 amide bonds. The van der Waals surface area contributed by atoms with Gasteiger partial charge in [-0.1, -0.05) is 48.5 Å². The predicted octanol–water partition coefficient (Wildman–Crippen LogP) is 4.28. The van der Waals surface area contributed by atoms with Gasteiger partial charge in [0.1, 0.15) is 0 Å². The topological polar surface area (TPSA) is 102 Å². The van der Waals surface area contributed by atoms with Crippen molar-refractivity contribution < 1.29 is 22.7 Å². The van der Waals surface area contributed by atoms with Gasteiger partial charge in [0.2, 0.25) is 6.10 Å². The summed E-state index contributed by atoms with van der Waals surface area (Å²) < 4.78 is 34.1. The van der Waals surface area contributed by atoms with Crippen molar-refractivity contribution in [2.75, 3.05) is 4.72 Å². The maximum absolute atomic E-state index is 13.1. The first-order chi connectivity index (χ1) is 16.2. The molecule has 1 aliphatic rings. The molecule has 0 saturated heterocycles. The van der Waals surface area contributed by atoms with Crippen LogP contribution < -0.4 is 10.0 Å². The largest absolute Gasteiger partial charge is 0.444 e. The van der Waals surface area contributed by atoms with Gasteiger partial charge in [-0.2, -0.15) is 0 Å². The van der Waals surface area contributed by atoms with Crippen molar-refractivity contribution in [3.05, 3.63) is 95.1 Å². The summed E-state index contributed by atoms with van der Waals surface area (Å²) in [6.07, 6.45) is 0.654. The Morgan fingerprint density at radius 3 is 2.35 bits per heavy atom. The first kappa shape index (κ1) is 23.5. The van der Waals surface area contributed by atoms with Crippen molar-refractivity contribution in [3.8, 4) is 0 Å². The number of amides is 1. The second-order valence-electron chi connectivity index (χ2n) is 8.43. The lowest BCUT2D eigenvalue weighted by Gasteiger charge is -2.19. The number of carbonyl (C=O) groups is 2. The third-order valence-corrected chi connectivity index (χ3v) is 6.88. The Morgan fingerprint density at radius 2 is 1.68 bits per heavy atom. The number of aryl methyl sites for hydroxylation is 2. The predicted molar refractivity (Wildman–Crippen MR) is 129 cm³/mol. The minimum atomic E-state index is -3.94. The highest BCUT2D eigenvalue weighted by molar-refractivity contribution is 7.92. The summed E-state index contributed by atoms with van der Waals surface area (Å²) in [4.78, 5) is 25.8. The van der Waals surface area contributed by atoms with Gasteiger partial charge in [0.05, 0.1) is 10.5 Å². The van der Waals surface area contributed by atoms with Crippen LogP contribution in [0.1, 0.15) is 46.0 Å². The Kier molecular flexibility index (Phi) is 6.70. The minimum absolute atomic E-state index is 0.0762. The standard InChI is InChI=1S/C26H26N2O5S/c1-17-7-6-10-21(15-17)28-34(31,32)22-14-11-18(2)23(16-22)26(30)33-24(19-8-4-3-5-9-19)25(29)27-20-12-13-20/h3-11,14-16,20,24,28H,12-13H2,1-2H3,(H,27,29). The van der Waals surface area contributed by atoms with Crippen LogP contribution in [0.25, 0.3) is 0 Å². The molecule has 8 heteroatoms. The molecule has 0 spiro atoms. The SMILES string of the molecule is Cc1cccc(NS(=O)(=O)c2ccc(C)c(C(=O)OC(C(=O)NC3CC3)c3ccccc3)c2)c1. The van der Waals surface area contributed by atoms with Gasteiger partial charge in [-0.05, 0) is 62.1 Å². The number of rotatable bonds is 8. The van der Waals surface area contributed by atoms with Gasteiger partial charge < -0.3 is 10.1 Å². The Hall–Kier alpha value is -3.65. The maximum atomic E-state index is 13.1. The molecule has 4 rings (SSSR count). The molecule has 2 N–H and O–H groups in total. The number of hydrogen-bond acceptors (Lipinski definition) is 5. The van der Waals surface area contributed by atoms with Crippen molar-refractivity contribution in [3.63, 3.8) is 0 Å². The van der Waals surface area contributed by atoms with Crippen LogP contribution in [-0.4, -0.2) is 26.3 Å². The van der Waals surface area contributed by atoms with Crippen molar-refractivity contribution in [2.24, 2.45) is 0 Å². The highest BCUT2D eigenvalue weighted by Gasteiger charge is 2.31. The summed E-state index contributed by atoms with van der Waals surface area (Å²) in [5, 5.41) is 2.87. The zero-order valence-electron chi connectivity index (χ0n) is 18.9. The summed E-state index contributed by atoms with van der Waals surface area (Å²) in [7, 11) is -3.94. The smallest absolute Gasteiger partial charge is 0.339 e. The maximum Gasteiger partial charge on any atom is 0.339 e. The van der Waals surface area contributed by atoms with Crippen molar-refractivity contribution in [2.45, 2.75) is 43.7 Å². The molecular weight excluding hydrogens is 452 g/mol. The van der Waals surface area contributed by atoms with Crippen LogP contribution >= 0.6 is 0 Å². The molecule has 0 aliphatic heterocycles. The summed E-state index contributed by atoms with van der Waals surface area (Å²) in [6.45, 7) is 3.54. The quantitative estimate of drug-likeness (QED) is 0.471. The lowest BCUT2D eigenvalue weighted by atomic mass is 10.1. The van der Waals surface area contributed by atoms with Crippen LogP contribution in [-0.2, 0) is 19.6 Å². The number of hydrogen-bond donors (Lipinski definition) is 2. The molecule has 1 unspecified atom stereocenters. The molecule has 3 aromatic rings. The molecule has 176 valence electrons. The van der Waals surface area contributed by atoms with Crippen LogP contribution in [0.15, 0.2) is 77.7 Å². The number of benzene rings is 3. The monoisotopic (exact) mass is 478 g/mol. The van der Waals surface area contributed by atoms with Gasteiger partial charge >= 0.3 is 5.97 Å². The number of carbonyl (C=O) groups excluding carboxylic acids is 2. The van der Waals surface area contributed by atoms with E-state index in [0.29, 0.717) is 16.8 Å². The minimum Gasteiger partial charge on any atom is -0.444 e. The van der Waals surface area contributed by atoms with E-state index >= 15 is 0 Å².